The lowest BCUT2D eigenvalue weighted by molar-refractivity contribution is 0.262. The van der Waals surface area contributed by atoms with Crippen LogP contribution in [0.15, 0.2) is 65.1 Å². The lowest BCUT2D eigenvalue weighted by atomic mass is 10.2. The van der Waals surface area contributed by atoms with Crippen molar-refractivity contribution in [3.05, 3.63) is 70.7 Å². The number of nitrogens with one attached hydrogen (secondary N) is 3. The first-order chi connectivity index (χ1) is 12.1. The Morgan fingerprint density at radius 1 is 0.880 bits per heavy atom. The van der Waals surface area contributed by atoms with Gasteiger partial charge in [0, 0.05) is 15.8 Å². The monoisotopic (exact) mass is 397 g/mol. The van der Waals surface area contributed by atoms with Crippen LogP contribution in [-0.2, 0) is 0 Å². The molecule has 0 bridgehead atoms. The molecule has 0 spiro atoms. The Bertz CT molecular complexity index is 868. The SMILES string of the molecule is Cc1ccc(Nc2ccc(NC(=O)Nc3ccccc3)nn2)cc1Br. The minimum absolute atomic E-state index is 0.365. The topological polar surface area (TPSA) is 78.9 Å². The average molecular weight is 398 g/mol. The number of carbonyl (C=O) groups excluding carboxylic acids is 1. The molecule has 3 rings (SSSR count). The molecular weight excluding hydrogens is 382 g/mol. The third-order valence-electron chi connectivity index (χ3n) is 3.38. The molecule has 0 aliphatic heterocycles. The molecule has 126 valence electrons. The van der Waals surface area contributed by atoms with Crippen molar-refractivity contribution in [2.24, 2.45) is 0 Å². The van der Waals surface area contributed by atoms with Gasteiger partial charge in [-0.2, -0.15) is 0 Å². The second-order valence-electron chi connectivity index (χ2n) is 5.34. The molecule has 0 unspecified atom stereocenters. The minimum Gasteiger partial charge on any atom is -0.339 e. The van der Waals surface area contributed by atoms with Crippen LogP contribution < -0.4 is 16.0 Å². The molecule has 0 saturated heterocycles. The van der Waals surface area contributed by atoms with E-state index >= 15 is 0 Å². The van der Waals surface area contributed by atoms with Crippen LogP contribution in [0.2, 0.25) is 0 Å². The standard InChI is InChI=1S/C18H16BrN5O/c1-12-7-8-14(11-15(12)19)20-16-9-10-17(24-23-16)22-18(25)21-13-5-3-2-4-6-13/h2-11H,1H3,(H,20,23)(H2,21,22,24,25). The normalized spacial score (nSPS) is 10.2. The van der Waals surface area contributed by atoms with Gasteiger partial charge < -0.3 is 10.6 Å². The number of aryl methyl sites for hydroxylation is 1. The van der Waals surface area contributed by atoms with Crippen LogP contribution >= 0.6 is 15.9 Å². The van der Waals surface area contributed by atoms with Crippen LogP contribution in [0.5, 0.6) is 0 Å². The highest BCUT2D eigenvalue weighted by molar-refractivity contribution is 9.10. The van der Waals surface area contributed by atoms with E-state index in [1.54, 1.807) is 24.3 Å². The van der Waals surface area contributed by atoms with Crippen LogP contribution in [0.25, 0.3) is 0 Å². The van der Waals surface area contributed by atoms with Gasteiger partial charge in [0.25, 0.3) is 0 Å². The van der Waals surface area contributed by atoms with E-state index < -0.39 is 0 Å². The van der Waals surface area contributed by atoms with Gasteiger partial charge >= 0.3 is 6.03 Å². The van der Waals surface area contributed by atoms with Crippen molar-refractivity contribution in [2.45, 2.75) is 6.92 Å². The average Bonchev–Trinajstić information content (AvgIpc) is 2.61. The van der Waals surface area contributed by atoms with Gasteiger partial charge in [0.05, 0.1) is 0 Å². The van der Waals surface area contributed by atoms with Crippen molar-refractivity contribution in [3.63, 3.8) is 0 Å². The first-order valence-electron chi connectivity index (χ1n) is 7.60. The van der Waals surface area contributed by atoms with Gasteiger partial charge in [-0.25, -0.2) is 4.79 Å². The fourth-order valence-corrected chi connectivity index (χ4v) is 2.46. The summed E-state index contributed by atoms with van der Waals surface area (Å²) in [6, 6.07) is 18.2. The largest absolute Gasteiger partial charge is 0.339 e. The lowest BCUT2D eigenvalue weighted by Crippen LogP contribution is -2.20. The second-order valence-corrected chi connectivity index (χ2v) is 6.19. The zero-order valence-electron chi connectivity index (χ0n) is 13.5. The Balaban J connectivity index is 1.60. The predicted octanol–water partition coefficient (Wildman–Crippen LogP) is 4.94. The Hall–Kier alpha value is -2.93. The number of anilines is 4. The fourth-order valence-electron chi connectivity index (χ4n) is 2.08. The van der Waals surface area contributed by atoms with E-state index in [2.05, 4.69) is 42.1 Å². The molecule has 1 aromatic heterocycles. The molecule has 2 aromatic carbocycles. The molecule has 0 radical (unpaired) electrons. The van der Waals surface area contributed by atoms with E-state index in [9.17, 15) is 4.79 Å². The zero-order valence-corrected chi connectivity index (χ0v) is 15.0. The summed E-state index contributed by atoms with van der Waals surface area (Å²) in [6.45, 7) is 2.02. The van der Waals surface area contributed by atoms with Crippen LogP contribution in [0.4, 0.5) is 27.8 Å². The Labute approximate surface area is 153 Å². The van der Waals surface area contributed by atoms with E-state index in [4.69, 9.17) is 0 Å². The highest BCUT2D eigenvalue weighted by Crippen LogP contribution is 2.22. The number of hydrogen-bond acceptors (Lipinski definition) is 4. The van der Waals surface area contributed by atoms with Crippen LogP contribution in [-0.4, -0.2) is 16.2 Å². The maximum atomic E-state index is 11.9. The van der Waals surface area contributed by atoms with Crippen LogP contribution in [0, 0.1) is 6.92 Å². The van der Waals surface area contributed by atoms with Gasteiger partial charge in [-0.15, -0.1) is 10.2 Å². The number of urea groups is 1. The molecule has 0 atom stereocenters. The number of para-hydroxylation sites is 1. The van der Waals surface area contributed by atoms with E-state index in [0.29, 0.717) is 17.3 Å². The van der Waals surface area contributed by atoms with Crippen LogP contribution in [0.3, 0.4) is 0 Å². The summed E-state index contributed by atoms with van der Waals surface area (Å²) in [5.74, 6) is 0.953. The smallest absolute Gasteiger partial charge is 0.324 e. The molecule has 0 aliphatic carbocycles. The van der Waals surface area contributed by atoms with E-state index in [0.717, 1.165) is 15.7 Å². The first kappa shape index (κ1) is 16.9. The van der Waals surface area contributed by atoms with Crippen molar-refractivity contribution >= 4 is 45.0 Å². The first-order valence-corrected chi connectivity index (χ1v) is 8.39. The third kappa shape index (κ3) is 4.77. The Morgan fingerprint density at radius 3 is 2.28 bits per heavy atom. The molecule has 25 heavy (non-hydrogen) atoms. The van der Waals surface area contributed by atoms with Gasteiger partial charge in [0.1, 0.15) is 0 Å². The summed E-state index contributed by atoms with van der Waals surface area (Å²) >= 11 is 3.49. The zero-order chi connectivity index (χ0) is 17.6. The Morgan fingerprint density at radius 2 is 1.60 bits per heavy atom. The number of amides is 2. The van der Waals surface area contributed by atoms with E-state index in [1.807, 2.05) is 43.3 Å². The predicted molar refractivity (Wildman–Crippen MR) is 103 cm³/mol. The molecule has 0 aliphatic rings. The van der Waals surface area contributed by atoms with Gasteiger partial charge in [0.2, 0.25) is 0 Å². The highest BCUT2D eigenvalue weighted by atomic mass is 79.9. The molecule has 0 fully saturated rings. The fraction of sp³-hybridized carbons (Fsp3) is 0.0556. The van der Waals surface area contributed by atoms with E-state index in [1.165, 1.54) is 0 Å². The number of aromatic nitrogens is 2. The molecule has 2 amide bonds. The van der Waals surface area contributed by atoms with Crippen molar-refractivity contribution in [1.82, 2.24) is 10.2 Å². The number of rotatable bonds is 4. The molecule has 3 aromatic rings. The highest BCUT2D eigenvalue weighted by Gasteiger charge is 2.05. The van der Waals surface area contributed by atoms with Crippen LogP contribution in [0.1, 0.15) is 5.56 Å². The summed E-state index contributed by atoms with van der Waals surface area (Å²) < 4.78 is 1.02. The van der Waals surface area contributed by atoms with E-state index in [-0.39, 0.29) is 6.03 Å². The number of hydrogen-bond donors (Lipinski definition) is 3. The minimum atomic E-state index is -0.372. The molecular formula is C18H16BrN5O. The van der Waals surface area contributed by atoms with Crippen molar-refractivity contribution in [1.29, 1.82) is 0 Å². The summed E-state index contributed by atoms with van der Waals surface area (Å²) in [5.41, 5.74) is 2.76. The van der Waals surface area contributed by atoms with Gasteiger partial charge in [0.15, 0.2) is 11.6 Å². The Kier molecular flexibility index (Phi) is 5.25. The molecule has 1 heterocycles. The maximum absolute atomic E-state index is 11.9. The number of nitrogens with zero attached hydrogens (tertiary/aromatic N) is 2. The number of benzene rings is 2. The lowest BCUT2D eigenvalue weighted by Gasteiger charge is -2.09. The third-order valence-corrected chi connectivity index (χ3v) is 4.24. The summed E-state index contributed by atoms with van der Waals surface area (Å²) in [7, 11) is 0. The molecule has 6 nitrogen and oxygen atoms in total. The van der Waals surface area contributed by atoms with Gasteiger partial charge in [-0.05, 0) is 48.9 Å². The summed E-state index contributed by atoms with van der Waals surface area (Å²) in [6.07, 6.45) is 0. The number of carbonyl (C=O) groups is 1. The van der Waals surface area contributed by atoms with Gasteiger partial charge in [-0.1, -0.05) is 40.2 Å². The van der Waals surface area contributed by atoms with Crippen molar-refractivity contribution in [2.75, 3.05) is 16.0 Å². The number of halogens is 1. The molecule has 0 saturated carbocycles. The van der Waals surface area contributed by atoms with Gasteiger partial charge in [-0.3, -0.25) is 5.32 Å². The van der Waals surface area contributed by atoms with Crippen molar-refractivity contribution < 1.29 is 4.79 Å². The maximum Gasteiger partial charge on any atom is 0.324 e. The quantitative estimate of drug-likeness (QED) is 0.582. The molecule has 7 heteroatoms. The molecule has 3 N–H and O–H groups in total. The van der Waals surface area contributed by atoms with Crippen molar-refractivity contribution in [3.8, 4) is 0 Å². The summed E-state index contributed by atoms with van der Waals surface area (Å²) in [4.78, 5) is 11.9. The summed E-state index contributed by atoms with van der Waals surface area (Å²) in [5, 5.41) is 16.6. The second kappa shape index (κ2) is 7.76.